The van der Waals surface area contributed by atoms with Gasteiger partial charge in [0.2, 0.25) is 0 Å². The molecule has 0 aromatic heterocycles. The van der Waals surface area contributed by atoms with E-state index in [4.69, 9.17) is 4.74 Å². The summed E-state index contributed by atoms with van der Waals surface area (Å²) in [5, 5.41) is 0. The van der Waals surface area contributed by atoms with Crippen molar-refractivity contribution in [2.24, 2.45) is 5.92 Å². The molecule has 0 radical (unpaired) electrons. The van der Waals surface area contributed by atoms with Gasteiger partial charge in [-0.2, -0.15) is 0 Å². The minimum atomic E-state index is -0.884. The summed E-state index contributed by atoms with van der Waals surface area (Å²) in [6.07, 6.45) is 2.39. The summed E-state index contributed by atoms with van der Waals surface area (Å²) >= 11 is 0. The number of amides is 1. The third kappa shape index (κ3) is 4.12. The quantitative estimate of drug-likeness (QED) is 0.737. The molecule has 0 N–H and O–H groups in total. The maximum Gasteiger partial charge on any atom is 0.261 e. The van der Waals surface area contributed by atoms with Crippen molar-refractivity contribution >= 4 is 17.3 Å². The number of hydrogen-bond acceptors (Lipinski definition) is 3. The van der Waals surface area contributed by atoms with Gasteiger partial charge < -0.3 is 4.74 Å². The van der Waals surface area contributed by atoms with Crippen molar-refractivity contribution in [1.29, 1.82) is 0 Å². The molecule has 4 nitrogen and oxygen atoms in total. The van der Waals surface area contributed by atoms with Crippen molar-refractivity contribution in [3.63, 3.8) is 0 Å². The molecule has 0 bridgehead atoms. The fraction of sp³-hybridized carbons (Fsp3) is 0.524. The minimum absolute atomic E-state index is 0.0803. The van der Waals surface area contributed by atoms with Gasteiger partial charge in [-0.25, -0.2) is 0 Å². The molecular formula is C21H29NO3. The fourth-order valence-corrected chi connectivity index (χ4v) is 2.96. The van der Waals surface area contributed by atoms with Gasteiger partial charge in [0.25, 0.3) is 5.91 Å². The number of allylic oxidation sites excluding steroid dienone is 1. The van der Waals surface area contributed by atoms with E-state index in [1.165, 1.54) is 0 Å². The zero-order valence-electron chi connectivity index (χ0n) is 16.0. The minimum Gasteiger partial charge on any atom is -0.477 e. The van der Waals surface area contributed by atoms with Gasteiger partial charge in [-0.05, 0) is 38.7 Å². The molecule has 0 saturated heterocycles. The lowest BCUT2D eigenvalue weighted by Gasteiger charge is -2.40. The van der Waals surface area contributed by atoms with Gasteiger partial charge in [0.15, 0.2) is 12.5 Å². The molecule has 136 valence electrons. The van der Waals surface area contributed by atoms with Crippen LogP contribution in [0, 0.1) is 5.92 Å². The number of hydrogen-bond donors (Lipinski definition) is 0. The van der Waals surface area contributed by atoms with E-state index in [0.717, 1.165) is 18.4 Å². The molecule has 25 heavy (non-hydrogen) atoms. The van der Waals surface area contributed by atoms with Gasteiger partial charge in [0.05, 0.1) is 11.1 Å². The van der Waals surface area contributed by atoms with Gasteiger partial charge >= 0.3 is 0 Å². The van der Waals surface area contributed by atoms with Crippen LogP contribution in [0.4, 0.5) is 0 Å². The molecule has 0 saturated carbocycles. The van der Waals surface area contributed by atoms with Crippen molar-refractivity contribution < 1.29 is 14.3 Å². The Morgan fingerprint density at radius 1 is 1.28 bits per heavy atom. The van der Waals surface area contributed by atoms with Crippen molar-refractivity contribution in [2.45, 2.75) is 59.4 Å². The molecule has 1 heterocycles. The first-order valence-electron chi connectivity index (χ1n) is 9.03. The number of carbonyl (C=O) groups excluding carboxylic acids is 2. The first kappa shape index (κ1) is 19.2. The molecule has 1 aliphatic heterocycles. The molecule has 0 aliphatic carbocycles. The maximum atomic E-state index is 13.1. The summed E-state index contributed by atoms with van der Waals surface area (Å²) < 4.78 is 5.74. The van der Waals surface area contributed by atoms with Crippen molar-refractivity contribution in [1.82, 2.24) is 4.90 Å². The lowest BCUT2D eigenvalue weighted by molar-refractivity contribution is -0.148. The van der Waals surface area contributed by atoms with E-state index in [9.17, 15) is 9.59 Å². The highest BCUT2D eigenvalue weighted by Crippen LogP contribution is 2.31. The van der Waals surface area contributed by atoms with E-state index in [1.54, 1.807) is 11.8 Å². The topological polar surface area (TPSA) is 46.6 Å². The summed E-state index contributed by atoms with van der Waals surface area (Å²) in [5.74, 6) is 1.05. The molecule has 1 unspecified atom stereocenters. The number of Topliss-reactive ketones (excluding diaryl/α,β-unsaturated/α-hetero) is 1. The summed E-state index contributed by atoms with van der Waals surface area (Å²) in [6, 6.07) is 9.48. The number of rotatable bonds is 7. The predicted molar refractivity (Wildman–Crippen MR) is 99.6 cm³/mol. The van der Waals surface area contributed by atoms with Gasteiger partial charge in [-0.1, -0.05) is 50.6 Å². The van der Waals surface area contributed by atoms with E-state index in [1.807, 2.05) is 44.2 Å². The Balaban J connectivity index is 2.22. The van der Waals surface area contributed by atoms with Crippen LogP contribution >= 0.6 is 0 Å². The summed E-state index contributed by atoms with van der Waals surface area (Å²) in [4.78, 5) is 27.5. The number of nitrogens with zero attached hydrogens (tertiary/aromatic N) is 1. The summed E-state index contributed by atoms with van der Waals surface area (Å²) in [7, 11) is 0. The number of ketones is 1. The molecule has 0 fully saturated rings. The van der Waals surface area contributed by atoms with E-state index >= 15 is 0 Å². The Labute approximate surface area is 150 Å². The third-order valence-corrected chi connectivity index (χ3v) is 5.20. The zero-order valence-corrected chi connectivity index (χ0v) is 16.0. The third-order valence-electron chi connectivity index (χ3n) is 5.20. The van der Waals surface area contributed by atoms with Crippen LogP contribution in [0.2, 0.25) is 0 Å². The van der Waals surface area contributed by atoms with Gasteiger partial charge in [-0.15, -0.1) is 0 Å². The van der Waals surface area contributed by atoms with Crippen molar-refractivity contribution in [3.8, 4) is 0 Å². The van der Waals surface area contributed by atoms with Crippen LogP contribution in [0.1, 0.15) is 59.4 Å². The van der Waals surface area contributed by atoms with E-state index in [-0.39, 0.29) is 18.4 Å². The summed E-state index contributed by atoms with van der Waals surface area (Å²) in [6.45, 7) is 9.82. The van der Waals surface area contributed by atoms with Gasteiger partial charge in [0.1, 0.15) is 5.76 Å². The van der Waals surface area contributed by atoms with Crippen LogP contribution in [-0.4, -0.2) is 28.9 Å². The molecular weight excluding hydrogens is 314 g/mol. The highest BCUT2D eigenvalue weighted by molar-refractivity contribution is 6.21. The average Bonchev–Trinajstić information content (AvgIpc) is 2.60. The summed E-state index contributed by atoms with van der Waals surface area (Å²) in [5.41, 5.74) is 0.470. The van der Waals surface area contributed by atoms with E-state index < -0.39 is 5.54 Å². The first-order valence-corrected chi connectivity index (χ1v) is 9.03. The Morgan fingerprint density at radius 2 is 1.92 bits per heavy atom. The monoisotopic (exact) mass is 343 g/mol. The molecule has 1 amide bonds. The Bertz CT molecular complexity index is 661. The second-order valence-electron chi connectivity index (χ2n) is 7.34. The zero-order chi connectivity index (χ0) is 18.6. The van der Waals surface area contributed by atoms with Crippen LogP contribution in [0.3, 0.4) is 0 Å². The lowest BCUT2D eigenvalue weighted by Crippen LogP contribution is -2.55. The molecule has 2 rings (SSSR count). The highest BCUT2D eigenvalue weighted by atomic mass is 16.5. The maximum absolute atomic E-state index is 13.1. The van der Waals surface area contributed by atoms with Crippen LogP contribution in [-0.2, 0) is 14.3 Å². The van der Waals surface area contributed by atoms with Crippen LogP contribution in [0.5, 0.6) is 0 Å². The van der Waals surface area contributed by atoms with Gasteiger partial charge in [0, 0.05) is 6.42 Å². The number of benzene rings is 1. The van der Waals surface area contributed by atoms with Crippen LogP contribution < -0.4 is 0 Å². The average molecular weight is 343 g/mol. The first-order chi connectivity index (χ1) is 11.8. The SMILES string of the molecule is CCC(C)CCC(=O)C(C)(C)N1COC(C)=C(c2ccccc2)C1=O. The molecule has 1 aromatic rings. The number of ether oxygens (including phenoxy) is 1. The fourth-order valence-electron chi connectivity index (χ4n) is 2.96. The molecule has 1 aliphatic rings. The second-order valence-corrected chi connectivity index (χ2v) is 7.34. The predicted octanol–water partition coefficient (Wildman–Crippen LogP) is 4.41. The normalized spacial score (nSPS) is 16.7. The van der Waals surface area contributed by atoms with E-state index in [0.29, 0.717) is 23.7 Å². The van der Waals surface area contributed by atoms with Crippen LogP contribution in [0.25, 0.3) is 5.57 Å². The molecule has 1 aromatic carbocycles. The van der Waals surface area contributed by atoms with Crippen molar-refractivity contribution in [3.05, 3.63) is 41.7 Å². The Hall–Kier alpha value is -2.10. The van der Waals surface area contributed by atoms with E-state index in [2.05, 4.69) is 13.8 Å². The van der Waals surface area contributed by atoms with Crippen LogP contribution in [0.15, 0.2) is 36.1 Å². The standard InChI is InChI=1S/C21H29NO3/c1-6-15(2)12-13-18(23)21(4,5)22-14-25-16(3)19(20(22)24)17-10-8-7-9-11-17/h7-11,15H,6,12-14H2,1-5H3. The smallest absolute Gasteiger partial charge is 0.261 e. The number of carbonyl (C=O) groups is 2. The molecule has 1 atom stereocenters. The molecule has 0 spiro atoms. The second kappa shape index (κ2) is 7.85. The molecule has 4 heteroatoms. The lowest BCUT2D eigenvalue weighted by atomic mass is 9.89. The highest BCUT2D eigenvalue weighted by Gasteiger charge is 2.41. The van der Waals surface area contributed by atoms with Gasteiger partial charge in [-0.3, -0.25) is 14.5 Å². The Kier molecular flexibility index (Phi) is 6.04. The Morgan fingerprint density at radius 3 is 2.52 bits per heavy atom. The van der Waals surface area contributed by atoms with Crippen molar-refractivity contribution in [2.75, 3.05) is 6.73 Å². The largest absolute Gasteiger partial charge is 0.477 e.